The van der Waals surface area contributed by atoms with E-state index in [0.717, 1.165) is 25.9 Å². The van der Waals surface area contributed by atoms with E-state index in [1.165, 1.54) is 11.9 Å². The average molecular weight is 326 g/mol. The van der Waals surface area contributed by atoms with Crippen molar-refractivity contribution in [2.45, 2.75) is 31.8 Å². The summed E-state index contributed by atoms with van der Waals surface area (Å²) in [6.07, 6.45) is 7.08. The minimum Gasteiger partial charge on any atom is -0.367 e. The van der Waals surface area contributed by atoms with E-state index < -0.39 is 5.91 Å². The molecule has 126 valence electrons. The fraction of sp³-hybridized carbons (Fsp3) is 0.412. The van der Waals surface area contributed by atoms with Gasteiger partial charge in [-0.15, -0.1) is 0 Å². The second kappa shape index (κ2) is 7.35. The Labute approximate surface area is 141 Å². The average Bonchev–Trinajstić information content (AvgIpc) is 2.63. The zero-order valence-corrected chi connectivity index (χ0v) is 13.7. The van der Waals surface area contributed by atoms with Crippen LogP contribution in [0.25, 0.3) is 0 Å². The number of amides is 1. The van der Waals surface area contributed by atoms with E-state index in [2.05, 4.69) is 44.2 Å². The van der Waals surface area contributed by atoms with Crippen LogP contribution in [0.2, 0.25) is 0 Å². The minimum absolute atomic E-state index is 0.233. The molecule has 0 aliphatic carbocycles. The standard InChI is InChI=1S/C17H22N6O/c1-12(13-2-6-19-7-3-13)23-8-4-14(5-9-23)22-16-10-15(17(18)24)20-11-21-16/h2-3,6-7,10-12,14H,4-5,8-9H2,1H3,(H2,18,24)(H,20,21,22). The van der Waals surface area contributed by atoms with Crippen molar-refractivity contribution in [2.24, 2.45) is 5.73 Å². The highest BCUT2D eigenvalue weighted by molar-refractivity contribution is 5.91. The molecule has 0 aromatic carbocycles. The number of carbonyl (C=O) groups excluding carboxylic acids is 1. The number of hydrogen-bond acceptors (Lipinski definition) is 6. The molecule has 2 aromatic rings. The lowest BCUT2D eigenvalue weighted by Gasteiger charge is -2.36. The number of nitrogens with two attached hydrogens (primary N) is 1. The van der Waals surface area contributed by atoms with Crippen LogP contribution in [-0.2, 0) is 0 Å². The SMILES string of the molecule is CC(c1ccncc1)N1CCC(Nc2cc(C(N)=O)ncn2)CC1. The third-order valence-corrected chi connectivity index (χ3v) is 4.54. The molecule has 3 rings (SSSR count). The molecule has 0 radical (unpaired) electrons. The number of carbonyl (C=O) groups is 1. The van der Waals surface area contributed by atoms with Gasteiger partial charge in [-0.3, -0.25) is 14.7 Å². The highest BCUT2D eigenvalue weighted by Gasteiger charge is 2.23. The highest BCUT2D eigenvalue weighted by Crippen LogP contribution is 2.24. The van der Waals surface area contributed by atoms with Crippen molar-refractivity contribution >= 4 is 11.7 Å². The van der Waals surface area contributed by atoms with Crippen LogP contribution in [0.3, 0.4) is 0 Å². The van der Waals surface area contributed by atoms with Crippen LogP contribution in [0, 0.1) is 0 Å². The summed E-state index contributed by atoms with van der Waals surface area (Å²) >= 11 is 0. The Morgan fingerprint density at radius 1 is 1.29 bits per heavy atom. The van der Waals surface area contributed by atoms with Gasteiger partial charge in [0.25, 0.3) is 5.91 Å². The first kappa shape index (κ1) is 16.3. The maximum Gasteiger partial charge on any atom is 0.267 e. The van der Waals surface area contributed by atoms with Gasteiger partial charge in [0.15, 0.2) is 0 Å². The summed E-state index contributed by atoms with van der Waals surface area (Å²) < 4.78 is 0. The summed E-state index contributed by atoms with van der Waals surface area (Å²) in [5.74, 6) is 0.112. The first-order valence-corrected chi connectivity index (χ1v) is 8.16. The number of hydrogen-bond donors (Lipinski definition) is 2. The third-order valence-electron chi connectivity index (χ3n) is 4.54. The van der Waals surface area contributed by atoms with E-state index in [1.54, 1.807) is 6.07 Å². The van der Waals surface area contributed by atoms with E-state index in [4.69, 9.17) is 5.73 Å². The van der Waals surface area contributed by atoms with Crippen molar-refractivity contribution in [2.75, 3.05) is 18.4 Å². The summed E-state index contributed by atoms with van der Waals surface area (Å²) in [6.45, 7) is 4.25. The number of rotatable bonds is 5. The van der Waals surface area contributed by atoms with E-state index >= 15 is 0 Å². The Hall–Kier alpha value is -2.54. The molecule has 2 aromatic heterocycles. The van der Waals surface area contributed by atoms with Gasteiger partial charge in [-0.25, -0.2) is 9.97 Å². The smallest absolute Gasteiger partial charge is 0.267 e. The summed E-state index contributed by atoms with van der Waals surface area (Å²) in [7, 11) is 0. The van der Waals surface area contributed by atoms with Crippen LogP contribution in [-0.4, -0.2) is 44.9 Å². The predicted octanol–water partition coefficient (Wildman–Crippen LogP) is 1.61. The van der Waals surface area contributed by atoms with Gasteiger partial charge >= 0.3 is 0 Å². The molecule has 24 heavy (non-hydrogen) atoms. The van der Waals surface area contributed by atoms with Crippen LogP contribution in [0.4, 0.5) is 5.82 Å². The van der Waals surface area contributed by atoms with Gasteiger partial charge in [0.05, 0.1) is 0 Å². The lowest BCUT2D eigenvalue weighted by molar-refractivity contribution is 0.0995. The molecule has 0 bridgehead atoms. The number of anilines is 1. The molecule has 7 nitrogen and oxygen atoms in total. The molecule has 1 aliphatic rings. The number of aromatic nitrogens is 3. The second-order valence-corrected chi connectivity index (χ2v) is 6.06. The van der Waals surface area contributed by atoms with Crippen molar-refractivity contribution in [3.63, 3.8) is 0 Å². The van der Waals surface area contributed by atoms with Crippen molar-refractivity contribution in [3.05, 3.63) is 48.2 Å². The number of nitrogens with zero attached hydrogens (tertiary/aromatic N) is 4. The Morgan fingerprint density at radius 3 is 2.67 bits per heavy atom. The maximum absolute atomic E-state index is 11.2. The molecule has 0 spiro atoms. The monoisotopic (exact) mass is 326 g/mol. The van der Waals surface area contributed by atoms with Gasteiger partial charge in [-0.05, 0) is 37.5 Å². The van der Waals surface area contributed by atoms with Crippen LogP contribution in [0.1, 0.15) is 41.9 Å². The molecule has 1 fully saturated rings. The maximum atomic E-state index is 11.2. The van der Waals surface area contributed by atoms with Crippen molar-refractivity contribution in [3.8, 4) is 0 Å². The Balaban J connectivity index is 1.55. The van der Waals surface area contributed by atoms with E-state index in [1.807, 2.05) is 12.4 Å². The lowest BCUT2D eigenvalue weighted by Crippen LogP contribution is -2.40. The Bertz CT molecular complexity index is 684. The summed E-state index contributed by atoms with van der Waals surface area (Å²) in [5, 5.41) is 3.38. The number of likely N-dealkylation sites (tertiary alicyclic amines) is 1. The zero-order valence-electron chi connectivity index (χ0n) is 13.7. The molecule has 1 atom stereocenters. The molecule has 1 amide bonds. The van der Waals surface area contributed by atoms with Crippen molar-refractivity contribution in [1.82, 2.24) is 19.9 Å². The summed E-state index contributed by atoms with van der Waals surface area (Å²) in [4.78, 5) is 25.8. The molecule has 1 aliphatic heterocycles. The number of pyridine rings is 1. The lowest BCUT2D eigenvalue weighted by atomic mass is 10.0. The Morgan fingerprint density at radius 2 is 2.00 bits per heavy atom. The molecule has 1 unspecified atom stereocenters. The third kappa shape index (κ3) is 3.86. The van der Waals surface area contributed by atoms with Gasteiger partial charge in [0.1, 0.15) is 17.8 Å². The molecular formula is C17H22N6O. The van der Waals surface area contributed by atoms with Gasteiger partial charge in [-0.1, -0.05) is 0 Å². The van der Waals surface area contributed by atoms with Gasteiger partial charge < -0.3 is 11.1 Å². The molecule has 7 heteroatoms. The summed E-state index contributed by atoms with van der Waals surface area (Å²) in [5.41, 5.74) is 6.78. The molecule has 1 saturated heterocycles. The first-order valence-electron chi connectivity index (χ1n) is 8.16. The Kier molecular flexibility index (Phi) is 5.00. The molecule has 3 heterocycles. The molecular weight excluding hydrogens is 304 g/mol. The number of primary amides is 1. The largest absolute Gasteiger partial charge is 0.367 e. The van der Waals surface area contributed by atoms with Gasteiger partial charge in [0.2, 0.25) is 0 Å². The topological polar surface area (TPSA) is 97.0 Å². The highest BCUT2D eigenvalue weighted by atomic mass is 16.1. The number of nitrogens with one attached hydrogen (secondary N) is 1. The van der Waals surface area contributed by atoms with Gasteiger partial charge in [-0.2, -0.15) is 0 Å². The summed E-state index contributed by atoms with van der Waals surface area (Å²) in [6, 6.07) is 6.47. The van der Waals surface area contributed by atoms with E-state index in [-0.39, 0.29) is 5.69 Å². The molecule has 0 saturated carbocycles. The van der Waals surface area contributed by atoms with Crippen LogP contribution in [0.5, 0.6) is 0 Å². The van der Waals surface area contributed by atoms with Crippen LogP contribution in [0.15, 0.2) is 36.9 Å². The quantitative estimate of drug-likeness (QED) is 0.866. The van der Waals surface area contributed by atoms with Gasteiger partial charge in [0, 0.05) is 43.6 Å². The fourth-order valence-electron chi connectivity index (χ4n) is 3.06. The molecule has 3 N–H and O–H groups in total. The predicted molar refractivity (Wildman–Crippen MR) is 91.4 cm³/mol. The number of piperidine rings is 1. The van der Waals surface area contributed by atoms with E-state index in [9.17, 15) is 4.79 Å². The first-order chi connectivity index (χ1) is 11.6. The van der Waals surface area contributed by atoms with Crippen molar-refractivity contribution < 1.29 is 4.79 Å². The normalized spacial score (nSPS) is 17.4. The second-order valence-electron chi connectivity index (χ2n) is 6.06. The fourth-order valence-corrected chi connectivity index (χ4v) is 3.06. The minimum atomic E-state index is -0.540. The van der Waals surface area contributed by atoms with Crippen molar-refractivity contribution in [1.29, 1.82) is 0 Å². The van der Waals surface area contributed by atoms with Crippen LogP contribution >= 0.6 is 0 Å². The van der Waals surface area contributed by atoms with E-state index in [0.29, 0.717) is 17.9 Å². The zero-order chi connectivity index (χ0) is 16.9. The van der Waals surface area contributed by atoms with Crippen LogP contribution < -0.4 is 11.1 Å².